The van der Waals surface area contributed by atoms with E-state index >= 15 is 0 Å². The van der Waals surface area contributed by atoms with Crippen molar-refractivity contribution in [2.75, 3.05) is 39.3 Å². The van der Waals surface area contributed by atoms with E-state index < -0.39 is 0 Å². The fraction of sp³-hybridized carbons (Fsp3) is 0.846. The van der Waals surface area contributed by atoms with Gasteiger partial charge in [-0.05, 0) is 39.3 Å². The van der Waals surface area contributed by atoms with Crippen LogP contribution >= 0.6 is 0 Å². The molecule has 3 heteroatoms. The minimum absolute atomic E-state index is 0.455. The second-order valence-corrected chi connectivity index (χ2v) is 5.29. The maximum atomic E-state index is 5.91. The average Bonchev–Trinajstić information content (AvgIpc) is 2.28. The molecular weight excluding hydrogens is 198 g/mol. The van der Waals surface area contributed by atoms with E-state index in [1.54, 1.807) is 0 Å². The Kier molecular flexibility index (Phi) is 4.38. The Morgan fingerprint density at radius 1 is 1.19 bits per heavy atom. The van der Waals surface area contributed by atoms with Crippen molar-refractivity contribution in [2.24, 2.45) is 5.73 Å². The minimum atomic E-state index is 0.455. The van der Waals surface area contributed by atoms with Crippen molar-refractivity contribution < 1.29 is 0 Å². The molecule has 0 aromatic carbocycles. The van der Waals surface area contributed by atoms with Crippen molar-refractivity contribution in [3.63, 3.8) is 0 Å². The van der Waals surface area contributed by atoms with E-state index in [1.165, 1.54) is 64.1 Å². The van der Waals surface area contributed by atoms with Crippen molar-refractivity contribution >= 4 is 0 Å². The van der Waals surface area contributed by atoms with Crippen LogP contribution in [-0.4, -0.2) is 55.1 Å². The van der Waals surface area contributed by atoms with E-state index in [0.29, 0.717) is 6.04 Å². The third-order valence-electron chi connectivity index (χ3n) is 3.78. The normalized spacial score (nSPS) is 25.8. The quantitative estimate of drug-likeness (QED) is 0.726. The summed E-state index contributed by atoms with van der Waals surface area (Å²) in [6, 6.07) is 0.455. The molecule has 2 aliphatic heterocycles. The number of piperidine rings is 1. The van der Waals surface area contributed by atoms with Crippen LogP contribution in [-0.2, 0) is 0 Å². The molecule has 92 valence electrons. The molecule has 0 spiro atoms. The maximum absolute atomic E-state index is 5.91. The second kappa shape index (κ2) is 5.80. The fourth-order valence-electron chi connectivity index (χ4n) is 2.64. The van der Waals surface area contributed by atoms with Gasteiger partial charge in [0.25, 0.3) is 0 Å². The van der Waals surface area contributed by atoms with Gasteiger partial charge in [0, 0.05) is 32.2 Å². The Morgan fingerprint density at radius 3 is 2.56 bits per heavy atom. The Labute approximate surface area is 99.3 Å². The highest BCUT2D eigenvalue weighted by Gasteiger charge is 2.17. The molecule has 0 atom stereocenters. The van der Waals surface area contributed by atoms with Gasteiger partial charge in [-0.1, -0.05) is 11.6 Å². The number of hydrogen-bond donors (Lipinski definition) is 1. The van der Waals surface area contributed by atoms with Crippen LogP contribution in [0.5, 0.6) is 0 Å². The standard InChI is InChI=1S/C13H25N3/c1-12-3-2-6-16(11-12)10-9-15-7-4-13(14)5-8-15/h3,13H,2,4-11,14H2,1H3. The summed E-state index contributed by atoms with van der Waals surface area (Å²) >= 11 is 0. The topological polar surface area (TPSA) is 32.5 Å². The molecule has 2 aliphatic rings. The SMILES string of the molecule is CC1=CCCN(CCN2CCC(N)CC2)C1. The van der Waals surface area contributed by atoms with Gasteiger partial charge in [-0.15, -0.1) is 0 Å². The third-order valence-corrected chi connectivity index (χ3v) is 3.78. The Bertz CT molecular complexity index is 242. The highest BCUT2D eigenvalue weighted by Crippen LogP contribution is 2.10. The summed E-state index contributed by atoms with van der Waals surface area (Å²) < 4.78 is 0. The number of hydrogen-bond acceptors (Lipinski definition) is 3. The van der Waals surface area contributed by atoms with Crippen LogP contribution in [0.3, 0.4) is 0 Å². The van der Waals surface area contributed by atoms with Crippen molar-refractivity contribution in [3.05, 3.63) is 11.6 Å². The first-order chi connectivity index (χ1) is 7.74. The molecule has 2 rings (SSSR count). The third kappa shape index (κ3) is 3.58. The van der Waals surface area contributed by atoms with Gasteiger partial charge in [0.2, 0.25) is 0 Å². The Balaban J connectivity index is 1.66. The smallest absolute Gasteiger partial charge is 0.0190 e. The first-order valence-electron chi connectivity index (χ1n) is 6.60. The summed E-state index contributed by atoms with van der Waals surface area (Å²) in [5.74, 6) is 0. The van der Waals surface area contributed by atoms with Crippen LogP contribution in [0.4, 0.5) is 0 Å². The monoisotopic (exact) mass is 223 g/mol. The molecular formula is C13H25N3. The number of nitrogens with two attached hydrogens (primary N) is 1. The van der Waals surface area contributed by atoms with E-state index in [-0.39, 0.29) is 0 Å². The molecule has 0 aromatic rings. The van der Waals surface area contributed by atoms with Gasteiger partial charge >= 0.3 is 0 Å². The van der Waals surface area contributed by atoms with Crippen LogP contribution in [0.15, 0.2) is 11.6 Å². The maximum Gasteiger partial charge on any atom is 0.0190 e. The zero-order chi connectivity index (χ0) is 11.4. The van der Waals surface area contributed by atoms with Gasteiger partial charge in [-0.25, -0.2) is 0 Å². The first-order valence-corrected chi connectivity index (χ1v) is 6.60. The van der Waals surface area contributed by atoms with Gasteiger partial charge in [0.05, 0.1) is 0 Å². The summed E-state index contributed by atoms with van der Waals surface area (Å²) in [7, 11) is 0. The van der Waals surface area contributed by atoms with Crippen LogP contribution in [0.25, 0.3) is 0 Å². The Morgan fingerprint density at radius 2 is 1.88 bits per heavy atom. The van der Waals surface area contributed by atoms with Crippen LogP contribution in [0.1, 0.15) is 26.2 Å². The predicted molar refractivity (Wildman–Crippen MR) is 68.5 cm³/mol. The largest absolute Gasteiger partial charge is 0.328 e. The molecule has 0 bridgehead atoms. The van der Waals surface area contributed by atoms with Gasteiger partial charge in [0.15, 0.2) is 0 Å². The van der Waals surface area contributed by atoms with Crippen LogP contribution < -0.4 is 5.73 Å². The van der Waals surface area contributed by atoms with E-state index in [2.05, 4.69) is 22.8 Å². The van der Waals surface area contributed by atoms with Crippen LogP contribution in [0, 0.1) is 0 Å². The average molecular weight is 223 g/mol. The molecule has 3 nitrogen and oxygen atoms in total. The van der Waals surface area contributed by atoms with E-state index in [4.69, 9.17) is 5.73 Å². The van der Waals surface area contributed by atoms with Gasteiger partial charge < -0.3 is 10.6 Å². The van der Waals surface area contributed by atoms with Gasteiger partial charge in [-0.3, -0.25) is 4.90 Å². The van der Waals surface area contributed by atoms with E-state index in [0.717, 1.165) is 0 Å². The molecule has 0 unspecified atom stereocenters. The highest BCUT2D eigenvalue weighted by atomic mass is 15.2. The molecule has 0 amide bonds. The lowest BCUT2D eigenvalue weighted by Gasteiger charge is -2.33. The number of rotatable bonds is 3. The molecule has 16 heavy (non-hydrogen) atoms. The Hall–Kier alpha value is -0.380. The zero-order valence-corrected chi connectivity index (χ0v) is 10.5. The first kappa shape index (κ1) is 12.1. The fourth-order valence-corrected chi connectivity index (χ4v) is 2.64. The number of likely N-dealkylation sites (tertiary alicyclic amines) is 1. The summed E-state index contributed by atoms with van der Waals surface area (Å²) in [6.07, 6.45) is 5.96. The predicted octanol–water partition coefficient (Wildman–Crippen LogP) is 1.06. The minimum Gasteiger partial charge on any atom is -0.328 e. The van der Waals surface area contributed by atoms with Crippen LogP contribution in [0.2, 0.25) is 0 Å². The zero-order valence-electron chi connectivity index (χ0n) is 10.5. The van der Waals surface area contributed by atoms with E-state index in [1.807, 2.05) is 0 Å². The lowest BCUT2D eigenvalue weighted by Crippen LogP contribution is -2.43. The molecule has 1 saturated heterocycles. The second-order valence-electron chi connectivity index (χ2n) is 5.29. The van der Waals surface area contributed by atoms with Crippen molar-refractivity contribution in [1.29, 1.82) is 0 Å². The summed E-state index contributed by atoms with van der Waals surface area (Å²) in [5, 5.41) is 0. The molecule has 1 fully saturated rings. The molecule has 0 aliphatic carbocycles. The lowest BCUT2D eigenvalue weighted by atomic mass is 10.1. The van der Waals surface area contributed by atoms with Gasteiger partial charge in [-0.2, -0.15) is 0 Å². The highest BCUT2D eigenvalue weighted by molar-refractivity contribution is 5.04. The summed E-state index contributed by atoms with van der Waals surface area (Å²) in [5.41, 5.74) is 7.44. The summed E-state index contributed by atoms with van der Waals surface area (Å²) in [6.45, 7) is 9.50. The van der Waals surface area contributed by atoms with Crippen molar-refractivity contribution in [3.8, 4) is 0 Å². The molecule has 0 aromatic heterocycles. The summed E-state index contributed by atoms with van der Waals surface area (Å²) in [4.78, 5) is 5.14. The van der Waals surface area contributed by atoms with E-state index in [9.17, 15) is 0 Å². The van der Waals surface area contributed by atoms with Gasteiger partial charge in [0.1, 0.15) is 0 Å². The molecule has 2 N–H and O–H groups in total. The number of nitrogens with zero attached hydrogens (tertiary/aromatic N) is 2. The molecule has 0 radical (unpaired) electrons. The molecule has 0 saturated carbocycles. The van der Waals surface area contributed by atoms with Crippen molar-refractivity contribution in [1.82, 2.24) is 9.80 Å². The lowest BCUT2D eigenvalue weighted by molar-refractivity contribution is 0.177. The molecule has 2 heterocycles. The van der Waals surface area contributed by atoms with Crippen molar-refractivity contribution in [2.45, 2.75) is 32.2 Å².